The average molecular weight is 451 g/mol. The maximum Gasteiger partial charge on any atom is 0.222 e. The van der Waals surface area contributed by atoms with Gasteiger partial charge in [0.05, 0.1) is 35.0 Å². The number of allylic oxidation sites excluding steroid dienone is 1. The lowest BCUT2D eigenvalue weighted by atomic mass is 10.1. The summed E-state index contributed by atoms with van der Waals surface area (Å²) in [6.07, 6.45) is 8.09. The van der Waals surface area contributed by atoms with Gasteiger partial charge in [0.2, 0.25) is 12.3 Å². The summed E-state index contributed by atoms with van der Waals surface area (Å²) >= 11 is 0. The summed E-state index contributed by atoms with van der Waals surface area (Å²) in [7, 11) is 1.70. The third kappa shape index (κ3) is 7.17. The van der Waals surface area contributed by atoms with Crippen LogP contribution in [0.2, 0.25) is 0 Å². The number of nitrogens with one attached hydrogen (secondary N) is 3. The van der Waals surface area contributed by atoms with Gasteiger partial charge in [-0.1, -0.05) is 12.2 Å². The lowest BCUT2D eigenvalue weighted by Crippen LogP contribution is -2.18. The van der Waals surface area contributed by atoms with Crippen LogP contribution >= 0.6 is 0 Å². The van der Waals surface area contributed by atoms with Gasteiger partial charge in [0, 0.05) is 32.0 Å². The fourth-order valence-corrected chi connectivity index (χ4v) is 3.22. The second kappa shape index (κ2) is 12.4. The number of rotatable bonds is 12. The third-order valence-corrected chi connectivity index (χ3v) is 4.54. The first-order valence-electron chi connectivity index (χ1n) is 11.0. The molecule has 176 valence electrons. The molecule has 0 aliphatic carbocycles. The Labute approximate surface area is 196 Å². The monoisotopic (exact) mass is 450 g/mol. The van der Waals surface area contributed by atoms with Crippen molar-refractivity contribution in [3.63, 3.8) is 0 Å². The SMILES string of the molecule is C/C=C\C(=C/N(C)C=O)CNc1cc(-c2cccnc2OCC)nc(C(C)=N)c1NC(C)C. The lowest BCUT2D eigenvalue weighted by molar-refractivity contribution is -0.115. The first kappa shape index (κ1) is 25.6. The zero-order chi connectivity index (χ0) is 24.4. The van der Waals surface area contributed by atoms with Gasteiger partial charge in [-0.15, -0.1) is 0 Å². The molecule has 1 amide bonds. The largest absolute Gasteiger partial charge is 0.477 e. The van der Waals surface area contributed by atoms with Crippen molar-refractivity contribution in [1.29, 1.82) is 5.41 Å². The second-order valence-corrected chi connectivity index (χ2v) is 7.82. The molecule has 2 rings (SSSR count). The van der Waals surface area contributed by atoms with Crippen LogP contribution in [-0.4, -0.2) is 53.2 Å². The predicted octanol–water partition coefficient (Wildman–Crippen LogP) is 4.71. The zero-order valence-corrected chi connectivity index (χ0v) is 20.3. The Morgan fingerprint density at radius 2 is 2.12 bits per heavy atom. The molecule has 0 fully saturated rings. The molecule has 2 heterocycles. The highest BCUT2D eigenvalue weighted by Gasteiger charge is 2.18. The number of carbonyl (C=O) groups excluding carboxylic acids is 1. The first-order valence-corrected chi connectivity index (χ1v) is 11.0. The third-order valence-electron chi connectivity index (χ3n) is 4.54. The molecule has 0 saturated heterocycles. The molecule has 33 heavy (non-hydrogen) atoms. The Morgan fingerprint density at radius 3 is 2.73 bits per heavy atom. The summed E-state index contributed by atoms with van der Waals surface area (Å²) in [5.74, 6) is 0.499. The van der Waals surface area contributed by atoms with Crippen molar-refractivity contribution in [3.8, 4) is 17.1 Å². The maximum atomic E-state index is 11.1. The van der Waals surface area contributed by atoms with Crippen LogP contribution < -0.4 is 15.4 Å². The summed E-state index contributed by atoms with van der Waals surface area (Å²) in [5.41, 5.74) is 4.78. The molecule has 0 aromatic carbocycles. The van der Waals surface area contributed by atoms with Crippen molar-refractivity contribution in [3.05, 3.63) is 54.0 Å². The number of nitrogens with zero attached hydrogens (tertiary/aromatic N) is 3. The van der Waals surface area contributed by atoms with Gasteiger partial charge in [0.15, 0.2) is 0 Å². The van der Waals surface area contributed by atoms with Crippen molar-refractivity contribution in [2.75, 3.05) is 30.8 Å². The average Bonchev–Trinajstić information content (AvgIpc) is 2.78. The summed E-state index contributed by atoms with van der Waals surface area (Å²) in [5, 5.41) is 15.3. The smallest absolute Gasteiger partial charge is 0.222 e. The summed E-state index contributed by atoms with van der Waals surface area (Å²) < 4.78 is 5.72. The van der Waals surface area contributed by atoms with Crippen molar-refractivity contribution in [2.45, 2.75) is 40.7 Å². The molecule has 3 N–H and O–H groups in total. The Balaban J connectivity index is 2.62. The van der Waals surface area contributed by atoms with Crippen LogP contribution in [-0.2, 0) is 4.79 Å². The molecule has 0 saturated carbocycles. The fourth-order valence-electron chi connectivity index (χ4n) is 3.22. The van der Waals surface area contributed by atoms with Gasteiger partial charge < -0.3 is 25.7 Å². The van der Waals surface area contributed by atoms with Crippen LogP contribution in [0.25, 0.3) is 11.3 Å². The highest BCUT2D eigenvalue weighted by molar-refractivity contribution is 6.03. The number of carbonyl (C=O) groups is 1. The molecule has 0 spiro atoms. The molecule has 0 atom stereocenters. The van der Waals surface area contributed by atoms with Crippen molar-refractivity contribution < 1.29 is 9.53 Å². The van der Waals surface area contributed by atoms with Gasteiger partial charge in [-0.2, -0.15) is 0 Å². The number of anilines is 2. The quantitative estimate of drug-likeness (QED) is 0.246. The number of hydrogen-bond acceptors (Lipinski definition) is 7. The normalized spacial score (nSPS) is 11.5. The number of amides is 1. The van der Waals surface area contributed by atoms with Crippen molar-refractivity contribution in [1.82, 2.24) is 14.9 Å². The minimum Gasteiger partial charge on any atom is -0.477 e. The summed E-state index contributed by atoms with van der Waals surface area (Å²) in [4.78, 5) is 21.7. The van der Waals surface area contributed by atoms with Gasteiger partial charge in [-0.05, 0) is 58.4 Å². The van der Waals surface area contributed by atoms with E-state index in [0.29, 0.717) is 36.1 Å². The van der Waals surface area contributed by atoms with E-state index in [1.807, 2.05) is 58.0 Å². The predicted molar refractivity (Wildman–Crippen MR) is 135 cm³/mol. The van der Waals surface area contributed by atoms with Gasteiger partial charge in [0.1, 0.15) is 5.69 Å². The van der Waals surface area contributed by atoms with E-state index >= 15 is 0 Å². The van der Waals surface area contributed by atoms with Crippen LogP contribution in [0.15, 0.2) is 48.3 Å². The lowest BCUT2D eigenvalue weighted by Gasteiger charge is -2.21. The Bertz CT molecular complexity index is 1030. The van der Waals surface area contributed by atoms with Crippen molar-refractivity contribution >= 4 is 23.5 Å². The zero-order valence-electron chi connectivity index (χ0n) is 20.3. The van der Waals surface area contributed by atoms with E-state index in [1.54, 1.807) is 26.4 Å². The van der Waals surface area contributed by atoms with E-state index in [0.717, 1.165) is 28.9 Å². The summed E-state index contributed by atoms with van der Waals surface area (Å²) in [6, 6.07) is 5.83. The highest BCUT2D eigenvalue weighted by atomic mass is 16.5. The van der Waals surface area contributed by atoms with E-state index in [9.17, 15) is 4.79 Å². The molecule has 8 nitrogen and oxygen atoms in total. The number of ether oxygens (including phenoxy) is 1. The van der Waals surface area contributed by atoms with E-state index in [2.05, 4.69) is 15.6 Å². The topological polar surface area (TPSA) is 103 Å². The van der Waals surface area contributed by atoms with E-state index < -0.39 is 0 Å². The molecule has 2 aromatic heterocycles. The minimum atomic E-state index is 0.139. The summed E-state index contributed by atoms with van der Waals surface area (Å²) in [6.45, 7) is 10.6. The molecule has 0 aliphatic rings. The van der Waals surface area contributed by atoms with Gasteiger partial charge in [-0.25, -0.2) is 9.97 Å². The molecular weight excluding hydrogens is 416 g/mol. The second-order valence-electron chi connectivity index (χ2n) is 7.82. The fraction of sp³-hybridized carbons (Fsp3) is 0.360. The van der Waals surface area contributed by atoms with Gasteiger partial charge >= 0.3 is 0 Å². The van der Waals surface area contributed by atoms with E-state index in [4.69, 9.17) is 15.1 Å². The first-order chi connectivity index (χ1) is 15.8. The van der Waals surface area contributed by atoms with Crippen LogP contribution in [0.4, 0.5) is 11.4 Å². The van der Waals surface area contributed by atoms with E-state index in [1.165, 1.54) is 4.90 Å². The maximum absolute atomic E-state index is 11.1. The Morgan fingerprint density at radius 1 is 1.36 bits per heavy atom. The Kier molecular flexibility index (Phi) is 9.60. The molecule has 2 aromatic rings. The highest BCUT2D eigenvalue weighted by Crippen LogP contribution is 2.34. The minimum absolute atomic E-state index is 0.139. The van der Waals surface area contributed by atoms with Crippen LogP contribution in [0.5, 0.6) is 5.88 Å². The molecule has 0 bridgehead atoms. The standard InChI is InChI=1S/C25H34N6O2/c1-7-10-19(15-31(6)16-32)14-28-22-13-21(20-11-9-12-27-25(20)33-8-2)30-23(18(5)26)24(22)29-17(3)4/h7,9-13,15-17,26,29H,8,14H2,1-6H3,(H,28,30)/b10-7-,19-15+,26-18?. The van der Waals surface area contributed by atoms with Gasteiger partial charge in [0.25, 0.3) is 0 Å². The molecular formula is C25H34N6O2. The number of pyridine rings is 2. The molecule has 0 radical (unpaired) electrons. The van der Waals surface area contributed by atoms with Crippen molar-refractivity contribution in [2.24, 2.45) is 0 Å². The van der Waals surface area contributed by atoms with E-state index in [-0.39, 0.29) is 6.04 Å². The van der Waals surface area contributed by atoms with Crippen LogP contribution in [0.3, 0.4) is 0 Å². The van der Waals surface area contributed by atoms with Crippen LogP contribution in [0.1, 0.15) is 40.3 Å². The molecule has 0 aliphatic heterocycles. The van der Waals surface area contributed by atoms with Gasteiger partial charge in [-0.3, -0.25) is 4.79 Å². The number of aromatic nitrogens is 2. The molecule has 0 unspecified atom stereocenters. The Hall–Kier alpha value is -3.68. The molecule has 8 heteroatoms. The number of hydrogen-bond donors (Lipinski definition) is 3. The van der Waals surface area contributed by atoms with Crippen LogP contribution in [0, 0.1) is 5.41 Å².